The minimum absolute atomic E-state index is 0. The van der Waals surface area contributed by atoms with Gasteiger partial charge in [0.25, 0.3) is 0 Å². The fraction of sp³-hybridized carbons (Fsp3) is 0.750. The number of rotatable bonds is 4. The van der Waals surface area contributed by atoms with Gasteiger partial charge in [0.2, 0.25) is 0 Å². The molecule has 1 heterocycles. The lowest BCUT2D eigenvalue weighted by Crippen LogP contribution is -2.46. The Morgan fingerprint density at radius 3 is 2.65 bits per heavy atom. The standard InChI is InChI=1S/C12H21N3O2S2.ClH/c1-15(8-9-7-14-12(13)18-9)10-5-3-4-6-11(10)19(2,16)17;/h7,10-11H,3-6,8H2,1-2H3,(H2,13,14);1H. The lowest BCUT2D eigenvalue weighted by atomic mass is 9.94. The second kappa shape index (κ2) is 7.06. The number of thiazole rings is 1. The fourth-order valence-corrected chi connectivity index (χ4v) is 5.10. The van der Waals surface area contributed by atoms with Gasteiger partial charge in [-0.1, -0.05) is 12.8 Å². The van der Waals surface area contributed by atoms with E-state index in [1.807, 2.05) is 7.05 Å². The van der Waals surface area contributed by atoms with E-state index in [2.05, 4.69) is 9.88 Å². The van der Waals surface area contributed by atoms with Crippen molar-refractivity contribution >= 4 is 38.7 Å². The second-order valence-electron chi connectivity index (χ2n) is 5.30. The molecule has 1 aromatic rings. The average Bonchev–Trinajstić information content (AvgIpc) is 2.73. The molecule has 0 aromatic carbocycles. The Hall–Kier alpha value is -0.370. The lowest BCUT2D eigenvalue weighted by molar-refractivity contribution is 0.188. The summed E-state index contributed by atoms with van der Waals surface area (Å²) in [5.41, 5.74) is 5.62. The maximum Gasteiger partial charge on any atom is 0.180 e. The van der Waals surface area contributed by atoms with Crippen molar-refractivity contribution in [2.75, 3.05) is 19.0 Å². The van der Waals surface area contributed by atoms with Crippen molar-refractivity contribution < 1.29 is 8.42 Å². The summed E-state index contributed by atoms with van der Waals surface area (Å²) < 4.78 is 23.8. The average molecular weight is 340 g/mol. The predicted molar refractivity (Wildman–Crippen MR) is 86.1 cm³/mol. The zero-order valence-electron chi connectivity index (χ0n) is 11.8. The van der Waals surface area contributed by atoms with Crippen molar-refractivity contribution in [3.05, 3.63) is 11.1 Å². The largest absolute Gasteiger partial charge is 0.375 e. The molecule has 2 N–H and O–H groups in total. The molecule has 5 nitrogen and oxygen atoms in total. The highest BCUT2D eigenvalue weighted by molar-refractivity contribution is 7.91. The highest BCUT2D eigenvalue weighted by Gasteiger charge is 2.35. The third-order valence-corrected chi connectivity index (χ3v) is 6.22. The Morgan fingerprint density at radius 1 is 1.45 bits per heavy atom. The first-order chi connectivity index (χ1) is 8.88. The molecule has 1 fully saturated rings. The molecule has 0 amide bonds. The molecular formula is C12H22ClN3O2S2. The smallest absolute Gasteiger partial charge is 0.180 e. The molecule has 0 aliphatic heterocycles. The van der Waals surface area contributed by atoms with Crippen molar-refractivity contribution in [2.24, 2.45) is 0 Å². The number of aromatic nitrogens is 1. The molecule has 1 aliphatic carbocycles. The Morgan fingerprint density at radius 2 is 2.10 bits per heavy atom. The molecule has 0 spiro atoms. The first-order valence-corrected chi connectivity index (χ1v) is 9.24. The molecule has 0 saturated heterocycles. The van der Waals surface area contributed by atoms with Gasteiger partial charge < -0.3 is 5.73 Å². The summed E-state index contributed by atoms with van der Waals surface area (Å²) in [6.07, 6.45) is 6.96. The van der Waals surface area contributed by atoms with Crippen molar-refractivity contribution in [3.8, 4) is 0 Å². The number of hydrogen-bond acceptors (Lipinski definition) is 6. The van der Waals surface area contributed by atoms with Crippen molar-refractivity contribution in [1.82, 2.24) is 9.88 Å². The van der Waals surface area contributed by atoms with Crippen LogP contribution in [0.2, 0.25) is 0 Å². The third kappa shape index (κ3) is 4.31. The van der Waals surface area contributed by atoms with E-state index in [9.17, 15) is 8.42 Å². The maximum atomic E-state index is 11.9. The van der Waals surface area contributed by atoms with Gasteiger partial charge >= 0.3 is 0 Å². The van der Waals surface area contributed by atoms with Crippen LogP contribution < -0.4 is 5.73 Å². The summed E-state index contributed by atoms with van der Waals surface area (Å²) in [6, 6.07) is 0.104. The van der Waals surface area contributed by atoms with E-state index >= 15 is 0 Å². The SMILES string of the molecule is CN(Cc1cnc(N)s1)C1CCCCC1S(C)(=O)=O.Cl. The van der Waals surface area contributed by atoms with Gasteiger partial charge in [-0.25, -0.2) is 13.4 Å². The minimum atomic E-state index is -2.99. The molecule has 1 saturated carbocycles. The van der Waals surface area contributed by atoms with E-state index in [-0.39, 0.29) is 23.7 Å². The number of nitrogens with two attached hydrogens (primary N) is 1. The first-order valence-electron chi connectivity index (χ1n) is 6.47. The van der Waals surface area contributed by atoms with Gasteiger partial charge in [-0.2, -0.15) is 0 Å². The Labute approximate surface area is 130 Å². The highest BCUT2D eigenvalue weighted by Crippen LogP contribution is 2.29. The van der Waals surface area contributed by atoms with Gasteiger partial charge in [-0.3, -0.25) is 4.90 Å². The van der Waals surface area contributed by atoms with Gasteiger partial charge in [0.05, 0.1) is 5.25 Å². The zero-order valence-corrected chi connectivity index (χ0v) is 14.2. The van der Waals surface area contributed by atoms with Crippen molar-refractivity contribution in [2.45, 2.75) is 43.5 Å². The van der Waals surface area contributed by atoms with Gasteiger partial charge in [0.15, 0.2) is 15.0 Å². The topological polar surface area (TPSA) is 76.3 Å². The van der Waals surface area contributed by atoms with Gasteiger partial charge in [-0.15, -0.1) is 23.7 Å². The highest BCUT2D eigenvalue weighted by atomic mass is 35.5. The van der Waals surface area contributed by atoms with Crippen LogP contribution in [0.25, 0.3) is 0 Å². The summed E-state index contributed by atoms with van der Waals surface area (Å²) >= 11 is 1.46. The van der Waals surface area contributed by atoms with Crippen LogP contribution >= 0.6 is 23.7 Å². The van der Waals surface area contributed by atoms with Crippen LogP contribution in [0.15, 0.2) is 6.20 Å². The Kier molecular flexibility index (Phi) is 6.25. The van der Waals surface area contributed by atoms with E-state index < -0.39 is 9.84 Å². The van der Waals surface area contributed by atoms with Crippen LogP contribution in [-0.4, -0.2) is 42.9 Å². The molecular weight excluding hydrogens is 318 g/mol. The maximum absolute atomic E-state index is 11.9. The number of nitrogen functional groups attached to an aromatic ring is 1. The van der Waals surface area contributed by atoms with E-state index in [4.69, 9.17) is 5.73 Å². The molecule has 1 aromatic heterocycles. The molecule has 2 rings (SSSR count). The third-order valence-electron chi connectivity index (χ3n) is 3.76. The minimum Gasteiger partial charge on any atom is -0.375 e. The Bertz CT molecular complexity index is 533. The van der Waals surface area contributed by atoms with Gasteiger partial charge in [0, 0.05) is 29.9 Å². The zero-order chi connectivity index (χ0) is 14.0. The summed E-state index contributed by atoms with van der Waals surface area (Å²) in [7, 11) is -0.996. The predicted octanol–water partition coefficient (Wildman–Crippen LogP) is 1.93. The van der Waals surface area contributed by atoms with Crippen LogP contribution in [0.1, 0.15) is 30.6 Å². The number of nitrogens with zero attached hydrogens (tertiary/aromatic N) is 2. The van der Waals surface area contributed by atoms with Gasteiger partial charge in [-0.05, 0) is 19.9 Å². The molecule has 0 bridgehead atoms. The summed E-state index contributed by atoms with van der Waals surface area (Å²) in [5, 5.41) is 0.322. The summed E-state index contributed by atoms with van der Waals surface area (Å²) in [6.45, 7) is 0.714. The lowest BCUT2D eigenvalue weighted by Gasteiger charge is -2.36. The molecule has 116 valence electrons. The van der Waals surface area contributed by atoms with E-state index in [0.717, 1.165) is 30.6 Å². The molecule has 1 aliphatic rings. The van der Waals surface area contributed by atoms with E-state index in [0.29, 0.717) is 11.7 Å². The van der Waals surface area contributed by atoms with E-state index in [1.54, 1.807) is 6.20 Å². The monoisotopic (exact) mass is 339 g/mol. The molecule has 8 heteroatoms. The second-order valence-corrected chi connectivity index (χ2v) is 8.71. The van der Waals surface area contributed by atoms with Crippen LogP contribution in [-0.2, 0) is 16.4 Å². The van der Waals surface area contributed by atoms with Crippen molar-refractivity contribution in [3.63, 3.8) is 0 Å². The number of anilines is 1. The van der Waals surface area contributed by atoms with Crippen molar-refractivity contribution in [1.29, 1.82) is 0 Å². The molecule has 20 heavy (non-hydrogen) atoms. The van der Waals surface area contributed by atoms with E-state index in [1.165, 1.54) is 17.6 Å². The number of sulfone groups is 1. The fourth-order valence-electron chi connectivity index (χ4n) is 2.84. The van der Waals surface area contributed by atoms with Crippen LogP contribution in [0.3, 0.4) is 0 Å². The summed E-state index contributed by atoms with van der Waals surface area (Å²) in [5.74, 6) is 0. The summed E-state index contributed by atoms with van der Waals surface area (Å²) in [4.78, 5) is 7.25. The molecule has 2 unspecified atom stereocenters. The normalized spacial score (nSPS) is 23.6. The van der Waals surface area contributed by atoms with Crippen LogP contribution in [0.5, 0.6) is 0 Å². The first kappa shape index (κ1) is 17.7. The number of halogens is 1. The molecule has 2 atom stereocenters. The molecule has 0 radical (unpaired) electrons. The van der Waals surface area contributed by atoms with Crippen LogP contribution in [0.4, 0.5) is 5.13 Å². The Balaban J connectivity index is 0.00000200. The van der Waals surface area contributed by atoms with Gasteiger partial charge in [0.1, 0.15) is 0 Å². The number of hydrogen-bond donors (Lipinski definition) is 1. The van der Waals surface area contributed by atoms with Crippen LogP contribution in [0, 0.1) is 0 Å². The quantitative estimate of drug-likeness (QED) is 0.907.